The minimum absolute atomic E-state index is 0.444. The predicted molar refractivity (Wildman–Crippen MR) is 35.9 cm³/mol. The Bertz CT molecular complexity index is 104. The molecular weight excluding hydrogens is 248 g/mol. The van der Waals surface area contributed by atoms with Crippen LogP contribution in [-0.4, -0.2) is 20.1 Å². The van der Waals surface area contributed by atoms with Crippen LogP contribution in [0.5, 0.6) is 0 Å². The monoisotopic (exact) mass is 260 g/mol. The first-order valence-electron chi connectivity index (χ1n) is 3.67. The molecule has 60 valence electrons. The number of halogens is 3. The van der Waals surface area contributed by atoms with E-state index in [1.807, 2.05) is 0 Å². The van der Waals surface area contributed by atoms with E-state index in [0.717, 1.165) is 19.3 Å². The summed E-state index contributed by atoms with van der Waals surface area (Å²) in [5.74, 6) is 0. The first-order valence-corrected chi connectivity index (χ1v) is 8.56. The van der Waals surface area contributed by atoms with Gasteiger partial charge in [-0.2, -0.15) is 0 Å². The van der Waals surface area contributed by atoms with Gasteiger partial charge in [-0.3, -0.25) is 0 Å². The molecule has 0 aromatic rings. The van der Waals surface area contributed by atoms with Crippen LogP contribution in [0.2, 0.25) is 3.93 Å². The molecule has 0 nitrogen and oxygen atoms in total. The van der Waals surface area contributed by atoms with E-state index < -0.39 is 24.0 Å². The van der Waals surface area contributed by atoms with Gasteiger partial charge >= 0.3 is 64.7 Å². The summed E-state index contributed by atoms with van der Waals surface area (Å²) in [6.07, 6.45) is 3.51. The molecule has 0 saturated heterocycles. The SMILES string of the molecule is [F][Sn]([F])([F])[CH]1CCCCC1. The molecule has 0 unspecified atom stereocenters. The van der Waals surface area contributed by atoms with Gasteiger partial charge in [-0.1, -0.05) is 0 Å². The summed E-state index contributed by atoms with van der Waals surface area (Å²) in [7, 11) is 0. The zero-order valence-corrected chi connectivity index (χ0v) is 8.60. The van der Waals surface area contributed by atoms with E-state index in [1.165, 1.54) is 0 Å². The average Bonchev–Trinajstić information content (AvgIpc) is 1.88. The number of rotatable bonds is 1. The van der Waals surface area contributed by atoms with Crippen molar-refractivity contribution in [2.45, 2.75) is 36.0 Å². The second-order valence-corrected chi connectivity index (χ2v) is 8.30. The average molecular weight is 259 g/mol. The Labute approximate surface area is 65.0 Å². The normalized spacial score (nSPS) is 23.1. The Morgan fingerprint density at radius 3 is 1.70 bits per heavy atom. The van der Waals surface area contributed by atoms with Gasteiger partial charge < -0.3 is 0 Å². The molecule has 0 heterocycles. The van der Waals surface area contributed by atoms with E-state index in [4.69, 9.17) is 0 Å². The van der Waals surface area contributed by atoms with Crippen molar-refractivity contribution in [1.29, 1.82) is 0 Å². The molecular formula is C6H11F3Sn. The van der Waals surface area contributed by atoms with E-state index in [0.29, 0.717) is 12.8 Å². The molecule has 4 heteroatoms. The summed E-state index contributed by atoms with van der Waals surface area (Å²) in [5.41, 5.74) is 0. The maximum atomic E-state index is 12.2. The van der Waals surface area contributed by atoms with Crippen molar-refractivity contribution in [2.75, 3.05) is 0 Å². The first kappa shape index (κ1) is 8.68. The number of hydrogen-bond donors (Lipinski definition) is 0. The third-order valence-corrected chi connectivity index (χ3v) is 6.36. The van der Waals surface area contributed by atoms with Crippen molar-refractivity contribution in [1.82, 2.24) is 0 Å². The Morgan fingerprint density at radius 2 is 1.40 bits per heavy atom. The molecule has 0 atom stereocenters. The predicted octanol–water partition coefficient (Wildman–Crippen LogP) is 3.17. The van der Waals surface area contributed by atoms with Crippen LogP contribution in [0.15, 0.2) is 0 Å². The van der Waals surface area contributed by atoms with Crippen LogP contribution in [0.25, 0.3) is 0 Å². The van der Waals surface area contributed by atoms with Crippen molar-refractivity contribution >= 4 is 20.1 Å². The Balaban J connectivity index is 2.39. The molecule has 0 spiro atoms. The van der Waals surface area contributed by atoms with Gasteiger partial charge in [0, 0.05) is 0 Å². The van der Waals surface area contributed by atoms with Gasteiger partial charge in [0.25, 0.3) is 0 Å². The summed E-state index contributed by atoms with van der Waals surface area (Å²) in [6.45, 7) is 0. The molecule has 0 N–H and O–H groups in total. The topological polar surface area (TPSA) is 0 Å². The van der Waals surface area contributed by atoms with Crippen molar-refractivity contribution in [3.05, 3.63) is 0 Å². The summed E-state index contributed by atoms with van der Waals surface area (Å²) >= 11 is -5.94. The van der Waals surface area contributed by atoms with Gasteiger partial charge in [-0.05, 0) is 0 Å². The second kappa shape index (κ2) is 3.32. The van der Waals surface area contributed by atoms with E-state index in [2.05, 4.69) is 0 Å². The molecule has 1 fully saturated rings. The van der Waals surface area contributed by atoms with Gasteiger partial charge in [0.05, 0.1) is 0 Å². The van der Waals surface area contributed by atoms with Crippen LogP contribution in [0, 0.1) is 0 Å². The van der Waals surface area contributed by atoms with Crippen LogP contribution >= 0.6 is 0 Å². The second-order valence-electron chi connectivity index (χ2n) is 2.88. The van der Waals surface area contributed by atoms with Crippen molar-refractivity contribution in [2.24, 2.45) is 0 Å². The third-order valence-electron chi connectivity index (χ3n) is 2.07. The molecule has 0 aliphatic heterocycles. The zero-order chi connectivity index (χ0) is 7.61. The van der Waals surface area contributed by atoms with E-state index in [1.54, 1.807) is 0 Å². The molecule has 1 aliphatic rings. The van der Waals surface area contributed by atoms with Crippen molar-refractivity contribution < 1.29 is 8.60 Å². The van der Waals surface area contributed by atoms with Crippen LogP contribution in [-0.2, 0) is 0 Å². The molecule has 0 bridgehead atoms. The molecule has 0 aromatic heterocycles. The zero-order valence-electron chi connectivity index (χ0n) is 5.75. The van der Waals surface area contributed by atoms with Gasteiger partial charge in [-0.15, -0.1) is 0 Å². The standard InChI is InChI=1S/C6H11.3FH.Sn/c1-2-4-6-5-3-1;;;;/h1H,2-6H2;3*1H;/q;;;;+3/p-3. The first-order chi connectivity index (χ1) is 4.61. The Morgan fingerprint density at radius 1 is 0.900 bits per heavy atom. The van der Waals surface area contributed by atoms with E-state index in [9.17, 15) is 8.60 Å². The summed E-state index contributed by atoms with van der Waals surface area (Å²) in [4.78, 5) is 0. The molecule has 0 amide bonds. The van der Waals surface area contributed by atoms with Crippen LogP contribution in [0.4, 0.5) is 8.60 Å². The van der Waals surface area contributed by atoms with Crippen LogP contribution in [0.1, 0.15) is 32.1 Å². The third kappa shape index (κ3) is 2.32. The number of hydrogen-bond acceptors (Lipinski definition) is 0. The Kier molecular flexibility index (Phi) is 2.89. The molecule has 1 aliphatic carbocycles. The molecule has 10 heavy (non-hydrogen) atoms. The summed E-state index contributed by atoms with van der Waals surface area (Å²) in [5, 5.41) is 0. The molecule has 1 rings (SSSR count). The van der Waals surface area contributed by atoms with Crippen LogP contribution in [0.3, 0.4) is 0 Å². The molecule has 1 saturated carbocycles. The minimum atomic E-state index is -5.94. The van der Waals surface area contributed by atoms with Gasteiger partial charge in [-0.25, -0.2) is 0 Å². The van der Waals surface area contributed by atoms with Gasteiger partial charge in [0.15, 0.2) is 0 Å². The fourth-order valence-electron chi connectivity index (χ4n) is 1.43. The van der Waals surface area contributed by atoms with E-state index >= 15 is 0 Å². The van der Waals surface area contributed by atoms with Gasteiger partial charge in [0.2, 0.25) is 0 Å². The summed E-state index contributed by atoms with van der Waals surface area (Å²) < 4.78 is 35.7. The summed E-state index contributed by atoms with van der Waals surface area (Å²) in [6, 6.07) is 0. The molecule has 0 radical (unpaired) electrons. The fraction of sp³-hybridized carbons (Fsp3) is 1.00. The maximum absolute atomic E-state index is 12.2. The quantitative estimate of drug-likeness (QED) is 0.634. The van der Waals surface area contributed by atoms with Gasteiger partial charge in [0.1, 0.15) is 0 Å². The van der Waals surface area contributed by atoms with Crippen molar-refractivity contribution in [3.63, 3.8) is 0 Å². The fourth-order valence-corrected chi connectivity index (χ4v) is 4.46. The molecule has 0 aromatic carbocycles. The Hall–Kier alpha value is 0.589. The van der Waals surface area contributed by atoms with Crippen LogP contribution < -0.4 is 0 Å². The van der Waals surface area contributed by atoms with E-state index in [-0.39, 0.29) is 0 Å². The van der Waals surface area contributed by atoms with Crippen molar-refractivity contribution in [3.8, 4) is 0 Å².